The predicted molar refractivity (Wildman–Crippen MR) is 132 cm³/mol. The van der Waals surface area contributed by atoms with E-state index in [0.29, 0.717) is 22.7 Å². The minimum Gasteiger partial charge on any atom is -0.353 e. The Morgan fingerprint density at radius 3 is 2.39 bits per heavy atom. The molecule has 2 aromatic heterocycles. The van der Waals surface area contributed by atoms with Crippen molar-refractivity contribution in [2.45, 2.75) is 57.7 Å². The molecular weight excluding hydrogens is 497 g/mol. The number of fused-ring (bicyclic) bond motifs is 1. The highest BCUT2D eigenvalue weighted by atomic mass is 32.2. The van der Waals surface area contributed by atoms with E-state index >= 15 is 0 Å². The van der Waals surface area contributed by atoms with E-state index in [-0.39, 0.29) is 5.54 Å². The smallest absolute Gasteiger partial charge is 0.353 e. The van der Waals surface area contributed by atoms with Gasteiger partial charge in [0.15, 0.2) is 5.82 Å². The molecule has 194 valence electrons. The molecule has 2 fully saturated rings. The third kappa shape index (κ3) is 4.13. The van der Waals surface area contributed by atoms with Gasteiger partial charge >= 0.3 is 6.18 Å². The number of halogens is 5. The van der Waals surface area contributed by atoms with Crippen LogP contribution in [0.2, 0.25) is 0 Å². The fraction of sp³-hybridized carbons (Fsp3) is 0.520. The van der Waals surface area contributed by atoms with Crippen LogP contribution in [0, 0.1) is 25.5 Å². The number of anilines is 1. The number of benzene rings is 1. The van der Waals surface area contributed by atoms with Gasteiger partial charge in [-0.3, -0.25) is 0 Å². The second-order valence-corrected chi connectivity index (χ2v) is 10.5. The van der Waals surface area contributed by atoms with Crippen LogP contribution in [0.5, 0.6) is 0 Å². The molecule has 1 saturated heterocycles. The molecular formula is C25H28F5N5S. The first-order chi connectivity index (χ1) is 17.1. The van der Waals surface area contributed by atoms with Crippen molar-refractivity contribution in [3.63, 3.8) is 0 Å². The van der Waals surface area contributed by atoms with E-state index in [1.54, 1.807) is 18.9 Å². The first-order valence-electron chi connectivity index (χ1n) is 12.0. The number of piperazine rings is 1. The van der Waals surface area contributed by atoms with E-state index in [4.69, 9.17) is 0 Å². The molecule has 5 nitrogen and oxygen atoms in total. The van der Waals surface area contributed by atoms with Gasteiger partial charge in [-0.15, -0.1) is 0 Å². The van der Waals surface area contributed by atoms with Gasteiger partial charge in [-0.1, -0.05) is 31.2 Å². The predicted octanol–water partition coefficient (Wildman–Crippen LogP) is 6.44. The lowest BCUT2D eigenvalue weighted by Gasteiger charge is -2.52. The van der Waals surface area contributed by atoms with Crippen molar-refractivity contribution in [1.82, 2.24) is 19.1 Å². The summed E-state index contributed by atoms with van der Waals surface area (Å²) in [5.41, 5.74) is -1.69. The quantitative estimate of drug-likeness (QED) is 0.291. The molecule has 1 aliphatic heterocycles. The normalized spacial score (nSPS) is 18.9. The maximum Gasteiger partial charge on any atom is 0.419 e. The number of pyridine rings is 1. The molecule has 0 radical (unpaired) electrons. The van der Waals surface area contributed by atoms with Crippen LogP contribution in [0.25, 0.3) is 16.6 Å². The Labute approximate surface area is 210 Å². The highest BCUT2D eigenvalue weighted by Crippen LogP contribution is 2.41. The van der Waals surface area contributed by atoms with Gasteiger partial charge in [0.2, 0.25) is 0 Å². The van der Waals surface area contributed by atoms with Crippen molar-refractivity contribution in [3.05, 3.63) is 46.8 Å². The van der Waals surface area contributed by atoms with Crippen LogP contribution < -0.4 is 4.90 Å². The molecule has 0 N–H and O–H groups in total. The number of hydrogen-bond acceptors (Lipinski definition) is 5. The number of aryl methyl sites for hydroxylation is 1. The molecule has 0 unspecified atom stereocenters. The Balaban J connectivity index is 1.55. The summed E-state index contributed by atoms with van der Waals surface area (Å²) >= 11 is 1.79. The lowest BCUT2D eigenvalue weighted by Crippen LogP contribution is -2.60. The standard InChI is InChI=1S/C25H28F5N5S/c1-15-22(26)18(25(28,29)30)12-19(23(15)27)35-20-13-31-21(11-17(20)16(2)32-35)33-9-10-34(36-3)24(14-33)7-5-4-6-8-24/h11-13H,4-10,14H2,1-3H3. The van der Waals surface area contributed by atoms with Crippen LogP contribution in [0.1, 0.15) is 48.9 Å². The van der Waals surface area contributed by atoms with Gasteiger partial charge in [0.1, 0.15) is 17.3 Å². The molecule has 1 aromatic carbocycles. The summed E-state index contributed by atoms with van der Waals surface area (Å²) in [5, 5.41) is 4.99. The SMILES string of the molecule is CSN1CCN(c2cc3c(C)nn(-c4cc(C(F)(F)F)c(F)c(C)c4F)c3cn2)CC12CCCCC2. The van der Waals surface area contributed by atoms with Crippen molar-refractivity contribution in [1.29, 1.82) is 0 Å². The Morgan fingerprint density at radius 1 is 1.00 bits per heavy atom. The van der Waals surface area contributed by atoms with Gasteiger partial charge in [-0.25, -0.2) is 22.8 Å². The van der Waals surface area contributed by atoms with Crippen LogP contribution in [-0.2, 0) is 6.18 Å². The molecule has 1 aliphatic carbocycles. The lowest BCUT2D eigenvalue weighted by atomic mass is 9.80. The fourth-order valence-corrected chi connectivity index (χ4v) is 6.58. The molecule has 1 spiro atoms. The van der Waals surface area contributed by atoms with Crippen molar-refractivity contribution in [2.24, 2.45) is 0 Å². The fourth-order valence-electron chi connectivity index (χ4n) is 5.68. The molecule has 0 bridgehead atoms. The molecule has 3 aromatic rings. The second-order valence-electron chi connectivity index (χ2n) is 9.74. The first-order valence-corrected chi connectivity index (χ1v) is 13.2. The Kier molecular flexibility index (Phi) is 6.43. The number of hydrogen-bond donors (Lipinski definition) is 0. The number of alkyl halides is 3. The summed E-state index contributed by atoms with van der Waals surface area (Å²) in [4.78, 5) is 6.88. The van der Waals surface area contributed by atoms with E-state index in [2.05, 4.69) is 25.5 Å². The van der Waals surface area contributed by atoms with Gasteiger partial charge in [0.25, 0.3) is 0 Å². The zero-order chi connectivity index (χ0) is 25.8. The summed E-state index contributed by atoms with van der Waals surface area (Å²) in [6.45, 7) is 5.26. The van der Waals surface area contributed by atoms with Gasteiger partial charge in [-0.2, -0.15) is 18.3 Å². The van der Waals surface area contributed by atoms with Crippen LogP contribution in [0.4, 0.5) is 27.8 Å². The topological polar surface area (TPSA) is 37.2 Å². The average Bonchev–Trinajstić information content (AvgIpc) is 3.18. The second kappa shape index (κ2) is 9.16. The number of rotatable bonds is 3. The molecule has 0 atom stereocenters. The zero-order valence-corrected chi connectivity index (χ0v) is 21.2. The van der Waals surface area contributed by atoms with E-state index in [1.165, 1.54) is 25.5 Å². The molecule has 1 saturated carbocycles. The molecule has 5 rings (SSSR count). The highest BCUT2D eigenvalue weighted by molar-refractivity contribution is 7.96. The van der Waals surface area contributed by atoms with Gasteiger partial charge in [-0.05, 0) is 45.1 Å². The summed E-state index contributed by atoms with van der Waals surface area (Å²) in [6, 6.07) is 2.35. The molecule has 11 heteroatoms. The Hall–Kier alpha value is -2.40. The number of nitrogens with zero attached hydrogens (tertiary/aromatic N) is 5. The van der Waals surface area contributed by atoms with E-state index < -0.39 is 34.6 Å². The monoisotopic (exact) mass is 525 g/mol. The Morgan fingerprint density at radius 2 is 1.72 bits per heavy atom. The van der Waals surface area contributed by atoms with E-state index in [0.717, 1.165) is 49.9 Å². The van der Waals surface area contributed by atoms with E-state index in [1.807, 2.05) is 6.07 Å². The van der Waals surface area contributed by atoms with Crippen LogP contribution >= 0.6 is 11.9 Å². The van der Waals surface area contributed by atoms with Crippen molar-refractivity contribution >= 4 is 28.7 Å². The summed E-state index contributed by atoms with van der Waals surface area (Å²) < 4.78 is 73.1. The van der Waals surface area contributed by atoms with Crippen molar-refractivity contribution in [3.8, 4) is 5.69 Å². The summed E-state index contributed by atoms with van der Waals surface area (Å²) in [7, 11) is 0. The van der Waals surface area contributed by atoms with Crippen molar-refractivity contribution in [2.75, 3.05) is 30.8 Å². The molecule has 0 amide bonds. The number of aromatic nitrogens is 3. The minimum atomic E-state index is -4.96. The van der Waals surface area contributed by atoms with Crippen molar-refractivity contribution < 1.29 is 22.0 Å². The molecule has 3 heterocycles. The molecule has 2 aliphatic rings. The van der Waals surface area contributed by atoms with Crippen LogP contribution in [0.15, 0.2) is 18.3 Å². The molecule has 36 heavy (non-hydrogen) atoms. The van der Waals surface area contributed by atoms with Crippen LogP contribution in [0.3, 0.4) is 0 Å². The summed E-state index contributed by atoms with van der Waals surface area (Å²) in [6.07, 6.45) is 4.59. The maximum absolute atomic E-state index is 15.0. The average molecular weight is 526 g/mol. The third-order valence-corrected chi connectivity index (χ3v) is 8.60. The third-order valence-electron chi connectivity index (χ3n) is 7.59. The summed E-state index contributed by atoms with van der Waals surface area (Å²) in [5.74, 6) is -1.93. The minimum absolute atomic E-state index is 0.0918. The van der Waals surface area contributed by atoms with Gasteiger partial charge in [0, 0.05) is 36.1 Å². The Bertz CT molecular complexity index is 1300. The lowest BCUT2D eigenvalue weighted by molar-refractivity contribution is -0.140. The van der Waals surface area contributed by atoms with Gasteiger partial charge in [0.05, 0.1) is 23.0 Å². The van der Waals surface area contributed by atoms with E-state index in [9.17, 15) is 22.0 Å². The highest BCUT2D eigenvalue weighted by Gasteiger charge is 2.43. The largest absolute Gasteiger partial charge is 0.419 e. The zero-order valence-electron chi connectivity index (χ0n) is 20.4. The first kappa shape index (κ1) is 25.3. The van der Waals surface area contributed by atoms with Crippen LogP contribution in [-0.4, -0.2) is 50.5 Å². The van der Waals surface area contributed by atoms with Gasteiger partial charge < -0.3 is 4.90 Å². The maximum atomic E-state index is 15.0.